The van der Waals surface area contributed by atoms with E-state index in [-0.39, 0.29) is 6.61 Å². The Morgan fingerprint density at radius 3 is 2.63 bits per heavy atom. The summed E-state index contributed by atoms with van der Waals surface area (Å²) in [5.41, 5.74) is 3.47. The van der Waals surface area contributed by atoms with Crippen molar-refractivity contribution in [2.75, 3.05) is 37.1 Å². The van der Waals surface area contributed by atoms with Gasteiger partial charge in [-0.1, -0.05) is 6.92 Å². The number of nitrogens with two attached hydrogens (primary N) is 1. The highest BCUT2D eigenvalue weighted by molar-refractivity contribution is 5.56. The molecule has 108 valence electrons. The van der Waals surface area contributed by atoms with E-state index < -0.39 is 0 Å². The lowest BCUT2D eigenvalue weighted by atomic mass is 10.2. The van der Waals surface area contributed by atoms with Gasteiger partial charge < -0.3 is 20.6 Å². The molecule has 0 aliphatic carbocycles. The monoisotopic (exact) mass is 269 g/mol. The lowest BCUT2D eigenvalue weighted by Gasteiger charge is -2.13. The quantitative estimate of drug-likeness (QED) is 0.293. The first kappa shape index (κ1) is 15.6. The molecule has 0 radical (unpaired) electrons. The third-order valence-electron chi connectivity index (χ3n) is 2.58. The Kier molecular flexibility index (Phi) is 7.09. The van der Waals surface area contributed by atoms with Crippen LogP contribution in [0.2, 0.25) is 0 Å². The topological polar surface area (TPSA) is 105 Å². The molecule has 1 rings (SSSR count). The van der Waals surface area contributed by atoms with Gasteiger partial charge in [-0.2, -0.15) is 0 Å². The number of rotatable bonds is 9. The molecule has 0 aromatic carbocycles. The molecule has 0 aliphatic heterocycles. The van der Waals surface area contributed by atoms with Gasteiger partial charge in [-0.3, -0.25) is 0 Å². The van der Waals surface area contributed by atoms with Crippen LogP contribution < -0.4 is 16.6 Å². The van der Waals surface area contributed by atoms with Crippen molar-refractivity contribution in [3.63, 3.8) is 0 Å². The van der Waals surface area contributed by atoms with Gasteiger partial charge >= 0.3 is 0 Å². The number of nitrogen functional groups attached to an aromatic ring is 1. The first-order valence-electron chi connectivity index (χ1n) is 6.49. The van der Waals surface area contributed by atoms with E-state index in [0.29, 0.717) is 25.6 Å². The molecular weight excluding hydrogens is 246 g/mol. The number of hydrogen-bond acceptors (Lipinski definition) is 7. The van der Waals surface area contributed by atoms with E-state index in [4.69, 9.17) is 15.7 Å². The summed E-state index contributed by atoms with van der Waals surface area (Å²) >= 11 is 0. The SMILES string of the molecule is CCCc1nc(NN)c(C)c(NCCOCCO)n1. The number of hydrogen-bond donors (Lipinski definition) is 4. The molecule has 0 unspecified atom stereocenters. The second kappa shape index (κ2) is 8.63. The van der Waals surface area contributed by atoms with E-state index in [0.717, 1.165) is 30.0 Å². The average Bonchev–Trinajstić information content (AvgIpc) is 2.41. The fourth-order valence-electron chi connectivity index (χ4n) is 1.62. The van der Waals surface area contributed by atoms with Gasteiger partial charge in [0.25, 0.3) is 0 Å². The molecular formula is C12H23N5O2. The van der Waals surface area contributed by atoms with Crippen LogP contribution in [0.15, 0.2) is 0 Å². The summed E-state index contributed by atoms with van der Waals surface area (Å²) in [6.45, 7) is 5.50. The van der Waals surface area contributed by atoms with E-state index in [1.807, 2.05) is 6.92 Å². The second-order valence-corrected chi connectivity index (χ2v) is 4.12. The van der Waals surface area contributed by atoms with Crippen molar-refractivity contribution in [1.82, 2.24) is 9.97 Å². The van der Waals surface area contributed by atoms with Gasteiger partial charge in [-0.25, -0.2) is 15.8 Å². The Hall–Kier alpha value is -1.44. The molecule has 0 atom stereocenters. The van der Waals surface area contributed by atoms with Gasteiger partial charge in [0.1, 0.15) is 17.5 Å². The van der Waals surface area contributed by atoms with E-state index in [1.54, 1.807) is 0 Å². The summed E-state index contributed by atoms with van der Waals surface area (Å²) in [6, 6.07) is 0. The first-order chi connectivity index (χ1) is 9.22. The van der Waals surface area contributed by atoms with Crippen LogP contribution >= 0.6 is 0 Å². The molecule has 0 bridgehead atoms. The molecule has 1 heterocycles. The fourth-order valence-corrected chi connectivity index (χ4v) is 1.62. The molecule has 7 nitrogen and oxygen atoms in total. The van der Waals surface area contributed by atoms with Crippen molar-refractivity contribution >= 4 is 11.6 Å². The van der Waals surface area contributed by atoms with Crippen LogP contribution in [0.3, 0.4) is 0 Å². The van der Waals surface area contributed by atoms with Gasteiger partial charge in [-0.15, -0.1) is 0 Å². The highest BCUT2D eigenvalue weighted by Crippen LogP contribution is 2.19. The zero-order chi connectivity index (χ0) is 14.1. The number of hydrazine groups is 1. The number of aliphatic hydroxyl groups is 1. The third-order valence-corrected chi connectivity index (χ3v) is 2.58. The van der Waals surface area contributed by atoms with Gasteiger partial charge in [0.2, 0.25) is 0 Å². The zero-order valence-corrected chi connectivity index (χ0v) is 11.6. The van der Waals surface area contributed by atoms with Gasteiger partial charge in [0.15, 0.2) is 0 Å². The summed E-state index contributed by atoms with van der Waals surface area (Å²) in [4.78, 5) is 8.81. The molecule has 1 aromatic rings. The molecule has 5 N–H and O–H groups in total. The van der Waals surface area contributed by atoms with Crippen molar-refractivity contribution in [2.24, 2.45) is 5.84 Å². The number of aryl methyl sites for hydroxylation is 1. The van der Waals surface area contributed by atoms with Gasteiger partial charge in [0, 0.05) is 18.5 Å². The zero-order valence-electron chi connectivity index (χ0n) is 11.6. The van der Waals surface area contributed by atoms with E-state index in [1.165, 1.54) is 0 Å². The number of anilines is 2. The van der Waals surface area contributed by atoms with Crippen molar-refractivity contribution < 1.29 is 9.84 Å². The normalized spacial score (nSPS) is 10.5. The molecule has 0 saturated heterocycles. The second-order valence-electron chi connectivity index (χ2n) is 4.12. The predicted octanol–water partition coefficient (Wildman–Crippen LogP) is 0.444. The molecule has 0 spiro atoms. The minimum Gasteiger partial charge on any atom is -0.394 e. The summed E-state index contributed by atoms with van der Waals surface area (Å²) in [7, 11) is 0. The minimum absolute atomic E-state index is 0.0361. The van der Waals surface area contributed by atoms with Crippen molar-refractivity contribution in [1.29, 1.82) is 0 Å². The Balaban J connectivity index is 2.66. The summed E-state index contributed by atoms with van der Waals surface area (Å²) in [5.74, 6) is 7.62. The predicted molar refractivity (Wildman–Crippen MR) is 75.0 cm³/mol. The maximum atomic E-state index is 8.60. The molecule has 1 aromatic heterocycles. The fraction of sp³-hybridized carbons (Fsp3) is 0.667. The average molecular weight is 269 g/mol. The van der Waals surface area contributed by atoms with Crippen LogP contribution in [-0.2, 0) is 11.2 Å². The Labute approximate surface area is 113 Å². The number of nitrogens with one attached hydrogen (secondary N) is 2. The highest BCUT2D eigenvalue weighted by Gasteiger charge is 2.09. The maximum absolute atomic E-state index is 8.60. The Morgan fingerprint density at radius 1 is 1.26 bits per heavy atom. The first-order valence-corrected chi connectivity index (χ1v) is 6.49. The van der Waals surface area contributed by atoms with Crippen LogP contribution in [0.4, 0.5) is 11.6 Å². The lowest BCUT2D eigenvalue weighted by molar-refractivity contribution is 0.0992. The molecule has 0 fully saturated rings. The lowest BCUT2D eigenvalue weighted by Crippen LogP contribution is -2.17. The number of nitrogens with zero attached hydrogens (tertiary/aromatic N) is 2. The number of aliphatic hydroxyl groups excluding tert-OH is 1. The molecule has 7 heteroatoms. The molecule has 19 heavy (non-hydrogen) atoms. The minimum atomic E-state index is 0.0361. The third kappa shape index (κ3) is 4.98. The van der Waals surface area contributed by atoms with Crippen LogP contribution in [0.25, 0.3) is 0 Å². The van der Waals surface area contributed by atoms with Crippen LogP contribution in [0.5, 0.6) is 0 Å². The standard InChI is InChI=1S/C12H23N5O2/c1-3-4-10-15-11(9(2)12(16-10)17-13)14-5-7-19-8-6-18/h18H,3-8,13H2,1-2H3,(H2,14,15,16,17). The van der Waals surface area contributed by atoms with Crippen molar-refractivity contribution in [3.05, 3.63) is 11.4 Å². The maximum Gasteiger partial charge on any atom is 0.148 e. The summed E-state index contributed by atoms with van der Waals surface area (Å²) in [5, 5.41) is 11.8. The van der Waals surface area contributed by atoms with Gasteiger partial charge in [-0.05, 0) is 13.3 Å². The van der Waals surface area contributed by atoms with Crippen LogP contribution in [0.1, 0.15) is 24.7 Å². The summed E-state index contributed by atoms with van der Waals surface area (Å²) < 4.78 is 5.18. The Bertz CT molecular complexity index is 387. The van der Waals surface area contributed by atoms with E-state index in [9.17, 15) is 0 Å². The van der Waals surface area contributed by atoms with Crippen LogP contribution in [-0.4, -0.2) is 41.4 Å². The largest absolute Gasteiger partial charge is 0.394 e. The molecule has 0 amide bonds. The smallest absolute Gasteiger partial charge is 0.148 e. The molecule has 0 saturated carbocycles. The van der Waals surface area contributed by atoms with Gasteiger partial charge in [0.05, 0.1) is 19.8 Å². The molecule has 0 aliphatic rings. The van der Waals surface area contributed by atoms with E-state index in [2.05, 4.69) is 27.6 Å². The van der Waals surface area contributed by atoms with Crippen LogP contribution in [0, 0.1) is 6.92 Å². The number of ether oxygens (including phenoxy) is 1. The van der Waals surface area contributed by atoms with Crippen molar-refractivity contribution in [3.8, 4) is 0 Å². The van der Waals surface area contributed by atoms with Crippen molar-refractivity contribution in [2.45, 2.75) is 26.7 Å². The highest BCUT2D eigenvalue weighted by atomic mass is 16.5. The van der Waals surface area contributed by atoms with E-state index >= 15 is 0 Å². The summed E-state index contributed by atoms with van der Waals surface area (Å²) in [6.07, 6.45) is 1.79. The Morgan fingerprint density at radius 2 is 2.00 bits per heavy atom. The number of aromatic nitrogens is 2.